The van der Waals surface area contributed by atoms with Gasteiger partial charge in [0, 0.05) is 54.7 Å². The van der Waals surface area contributed by atoms with Crippen molar-refractivity contribution in [3.63, 3.8) is 0 Å². The van der Waals surface area contributed by atoms with Crippen molar-refractivity contribution in [3.8, 4) is 11.5 Å². The van der Waals surface area contributed by atoms with Crippen LogP contribution >= 0.6 is 11.6 Å². The fourth-order valence-corrected chi connectivity index (χ4v) is 4.62. The third-order valence-electron chi connectivity index (χ3n) is 6.08. The van der Waals surface area contributed by atoms with Crippen LogP contribution in [0.5, 0.6) is 11.5 Å². The van der Waals surface area contributed by atoms with Crippen molar-refractivity contribution in [1.29, 1.82) is 0 Å². The highest BCUT2D eigenvalue weighted by molar-refractivity contribution is 6.31. The quantitative estimate of drug-likeness (QED) is 0.645. The van der Waals surface area contributed by atoms with Crippen LogP contribution in [0.1, 0.15) is 18.4 Å². The van der Waals surface area contributed by atoms with Crippen molar-refractivity contribution in [1.82, 2.24) is 9.88 Å². The summed E-state index contributed by atoms with van der Waals surface area (Å²) in [6, 6.07) is 11.9. The van der Waals surface area contributed by atoms with Crippen molar-refractivity contribution >= 4 is 34.1 Å². The van der Waals surface area contributed by atoms with Crippen LogP contribution in [0.2, 0.25) is 5.02 Å². The molecule has 3 heterocycles. The van der Waals surface area contributed by atoms with Gasteiger partial charge in [0.05, 0.1) is 5.69 Å². The minimum atomic E-state index is 0.229. The molecule has 1 N–H and O–H groups in total. The molecule has 0 atom stereocenters. The molecule has 0 aliphatic carbocycles. The van der Waals surface area contributed by atoms with Crippen molar-refractivity contribution in [2.75, 3.05) is 44.3 Å². The van der Waals surface area contributed by atoms with Crippen molar-refractivity contribution in [3.05, 3.63) is 53.2 Å². The third kappa shape index (κ3) is 4.17. The summed E-state index contributed by atoms with van der Waals surface area (Å²) in [5, 5.41) is 1.88. The molecule has 5 rings (SSSR count). The molecule has 1 fully saturated rings. The van der Waals surface area contributed by atoms with Gasteiger partial charge < -0.3 is 24.3 Å². The van der Waals surface area contributed by atoms with Crippen LogP contribution in [0, 0.1) is 0 Å². The zero-order valence-electron chi connectivity index (χ0n) is 17.4. The number of amides is 1. The molecule has 0 saturated carbocycles. The minimum absolute atomic E-state index is 0.229. The minimum Gasteiger partial charge on any atom is -0.486 e. The second-order valence-electron chi connectivity index (χ2n) is 8.03. The van der Waals surface area contributed by atoms with Crippen molar-refractivity contribution in [2.45, 2.75) is 19.3 Å². The van der Waals surface area contributed by atoms with Crippen molar-refractivity contribution < 1.29 is 14.3 Å². The van der Waals surface area contributed by atoms with E-state index in [1.54, 1.807) is 0 Å². The summed E-state index contributed by atoms with van der Waals surface area (Å²) < 4.78 is 11.5. The number of hydrogen-bond acceptors (Lipinski definition) is 4. The largest absolute Gasteiger partial charge is 0.486 e. The van der Waals surface area contributed by atoms with E-state index in [0.29, 0.717) is 19.6 Å². The molecule has 162 valence electrons. The summed E-state index contributed by atoms with van der Waals surface area (Å²) >= 11 is 6.14. The van der Waals surface area contributed by atoms with Crippen LogP contribution in [0.25, 0.3) is 10.9 Å². The first-order valence-electron chi connectivity index (χ1n) is 10.9. The molecule has 0 bridgehead atoms. The topological polar surface area (TPSA) is 57.8 Å². The maximum absolute atomic E-state index is 12.8. The summed E-state index contributed by atoms with van der Waals surface area (Å²) in [4.78, 5) is 20.3. The summed E-state index contributed by atoms with van der Waals surface area (Å²) in [6.07, 6.45) is 4.27. The molecule has 2 aliphatic rings. The Hall–Kier alpha value is -2.86. The highest BCUT2D eigenvalue weighted by Gasteiger charge is 2.25. The molecule has 6 nitrogen and oxygen atoms in total. The maximum atomic E-state index is 12.8. The zero-order valence-corrected chi connectivity index (χ0v) is 18.2. The lowest BCUT2D eigenvalue weighted by molar-refractivity contribution is -0.131. The first kappa shape index (κ1) is 20.1. The van der Waals surface area contributed by atoms with Crippen LogP contribution in [0.3, 0.4) is 0 Å². The van der Waals surface area contributed by atoms with Gasteiger partial charge >= 0.3 is 0 Å². The van der Waals surface area contributed by atoms with Crippen LogP contribution in [-0.4, -0.2) is 55.2 Å². The maximum Gasteiger partial charge on any atom is 0.222 e. The number of aromatic amines is 1. The van der Waals surface area contributed by atoms with Crippen LogP contribution in [0.4, 0.5) is 5.69 Å². The summed E-state index contributed by atoms with van der Waals surface area (Å²) in [6.45, 7) is 4.21. The number of hydrogen-bond donors (Lipinski definition) is 1. The number of H-pyrrole nitrogens is 1. The van der Waals surface area contributed by atoms with Crippen LogP contribution in [0.15, 0.2) is 42.6 Å². The van der Waals surface area contributed by atoms with Gasteiger partial charge in [-0.05, 0) is 48.7 Å². The molecule has 1 saturated heterocycles. The van der Waals surface area contributed by atoms with Gasteiger partial charge in [-0.2, -0.15) is 0 Å². The van der Waals surface area contributed by atoms with E-state index in [-0.39, 0.29) is 5.91 Å². The van der Waals surface area contributed by atoms with E-state index in [4.69, 9.17) is 21.1 Å². The number of piperazine rings is 1. The lowest BCUT2D eigenvalue weighted by Gasteiger charge is -2.37. The van der Waals surface area contributed by atoms with Gasteiger partial charge in [0.25, 0.3) is 0 Å². The zero-order chi connectivity index (χ0) is 21.2. The average molecular weight is 440 g/mol. The van der Waals surface area contributed by atoms with E-state index in [2.05, 4.69) is 16.0 Å². The van der Waals surface area contributed by atoms with Gasteiger partial charge in [-0.25, -0.2) is 0 Å². The van der Waals surface area contributed by atoms with Gasteiger partial charge in [0.2, 0.25) is 5.91 Å². The standard InChI is InChI=1S/C24H26ClN3O3/c25-18-7-8-20-19(15-18)17(16-26-20)3-1-6-23(29)28-11-9-27(10-12-28)21-4-2-5-22-24(21)31-14-13-30-22/h2,4-5,7-8,15-16,26H,1,3,6,9-14H2. The number of aryl methyl sites for hydroxylation is 1. The molecule has 2 aliphatic heterocycles. The highest BCUT2D eigenvalue weighted by atomic mass is 35.5. The Morgan fingerprint density at radius 3 is 2.77 bits per heavy atom. The number of nitrogens with zero attached hydrogens (tertiary/aromatic N) is 2. The second kappa shape index (κ2) is 8.71. The normalized spacial score (nSPS) is 16.0. The molecule has 7 heteroatoms. The molecule has 0 radical (unpaired) electrons. The number of carbonyl (C=O) groups excluding carboxylic acids is 1. The molecule has 1 amide bonds. The molecule has 0 spiro atoms. The molecule has 31 heavy (non-hydrogen) atoms. The predicted molar refractivity (Wildman–Crippen MR) is 122 cm³/mol. The highest BCUT2D eigenvalue weighted by Crippen LogP contribution is 2.39. The first-order chi connectivity index (χ1) is 15.2. The number of halogens is 1. The number of carbonyl (C=O) groups is 1. The number of aromatic nitrogens is 1. The molecular weight excluding hydrogens is 414 g/mol. The molecule has 2 aromatic carbocycles. The number of anilines is 1. The van der Waals surface area contributed by atoms with E-state index in [9.17, 15) is 4.79 Å². The third-order valence-corrected chi connectivity index (χ3v) is 6.32. The Kier molecular flexibility index (Phi) is 5.64. The number of benzene rings is 2. The summed E-state index contributed by atoms with van der Waals surface area (Å²) in [5.74, 6) is 1.86. The SMILES string of the molecule is O=C(CCCc1c[nH]c2ccc(Cl)cc12)N1CCN(c2cccc3c2OCCO3)CC1. The van der Waals surface area contributed by atoms with E-state index in [0.717, 1.165) is 72.1 Å². The van der Waals surface area contributed by atoms with Crippen LogP contribution in [-0.2, 0) is 11.2 Å². The number of nitrogens with one attached hydrogen (secondary N) is 1. The monoisotopic (exact) mass is 439 g/mol. The predicted octanol–water partition coefficient (Wildman–Crippen LogP) is 4.26. The Balaban J connectivity index is 1.14. The Morgan fingerprint density at radius 1 is 1.06 bits per heavy atom. The smallest absolute Gasteiger partial charge is 0.222 e. The Bertz CT molecular complexity index is 1090. The van der Waals surface area contributed by atoms with Crippen LogP contribution < -0.4 is 14.4 Å². The summed E-state index contributed by atoms with van der Waals surface area (Å²) in [5.41, 5.74) is 3.35. The number of ether oxygens (including phenoxy) is 2. The molecule has 1 aromatic heterocycles. The number of fused-ring (bicyclic) bond motifs is 2. The number of rotatable bonds is 5. The fraction of sp³-hybridized carbons (Fsp3) is 0.375. The molecular formula is C24H26ClN3O3. The van der Waals surface area contributed by atoms with E-state index < -0.39 is 0 Å². The lowest BCUT2D eigenvalue weighted by atomic mass is 10.1. The van der Waals surface area contributed by atoms with Gasteiger partial charge in [-0.15, -0.1) is 0 Å². The second-order valence-corrected chi connectivity index (χ2v) is 8.46. The van der Waals surface area contributed by atoms with E-state index in [1.807, 2.05) is 41.4 Å². The molecule has 3 aromatic rings. The fourth-order valence-electron chi connectivity index (χ4n) is 4.45. The Labute approximate surface area is 186 Å². The van der Waals surface area contributed by atoms with Crippen molar-refractivity contribution in [2.24, 2.45) is 0 Å². The van der Waals surface area contributed by atoms with Gasteiger partial charge in [0.15, 0.2) is 11.5 Å². The first-order valence-corrected chi connectivity index (χ1v) is 11.2. The molecule has 0 unspecified atom stereocenters. The summed E-state index contributed by atoms with van der Waals surface area (Å²) in [7, 11) is 0. The lowest BCUT2D eigenvalue weighted by Crippen LogP contribution is -2.49. The van der Waals surface area contributed by atoms with E-state index in [1.165, 1.54) is 5.56 Å². The van der Waals surface area contributed by atoms with Gasteiger partial charge in [-0.1, -0.05) is 17.7 Å². The van der Waals surface area contributed by atoms with E-state index >= 15 is 0 Å². The van der Waals surface area contributed by atoms with Gasteiger partial charge in [0.1, 0.15) is 13.2 Å². The van der Waals surface area contributed by atoms with Gasteiger partial charge in [-0.3, -0.25) is 4.79 Å². The average Bonchev–Trinajstić information content (AvgIpc) is 3.21. The Morgan fingerprint density at radius 2 is 1.90 bits per heavy atom. The number of para-hydroxylation sites is 1.